The van der Waals surface area contributed by atoms with Crippen LogP contribution < -0.4 is 11.5 Å². The molecule has 0 radical (unpaired) electrons. The van der Waals surface area contributed by atoms with Gasteiger partial charge in [0.25, 0.3) is 5.91 Å². The second-order valence-electron chi connectivity index (χ2n) is 3.38. The van der Waals surface area contributed by atoms with E-state index in [0.717, 1.165) is 9.79 Å². The molecule has 0 spiro atoms. The summed E-state index contributed by atoms with van der Waals surface area (Å²) in [6, 6.07) is 11.0. The number of pyridine rings is 1. The maximum absolute atomic E-state index is 11.0. The number of anilines is 1. The van der Waals surface area contributed by atoms with E-state index in [1.165, 1.54) is 11.8 Å². The van der Waals surface area contributed by atoms with E-state index in [0.29, 0.717) is 5.69 Å². The maximum atomic E-state index is 11.0. The number of para-hydroxylation sites is 1. The van der Waals surface area contributed by atoms with Crippen LogP contribution in [-0.2, 0) is 0 Å². The largest absolute Gasteiger partial charge is 0.398 e. The highest BCUT2D eigenvalue weighted by molar-refractivity contribution is 7.99. The zero-order valence-electron chi connectivity index (χ0n) is 8.96. The Labute approximate surface area is 103 Å². The summed E-state index contributed by atoms with van der Waals surface area (Å²) in [6.45, 7) is 0. The Balaban J connectivity index is 2.28. The highest BCUT2D eigenvalue weighted by Gasteiger charge is 2.05. The van der Waals surface area contributed by atoms with Gasteiger partial charge in [0, 0.05) is 21.7 Å². The molecule has 0 saturated carbocycles. The zero-order chi connectivity index (χ0) is 12.3. The molecule has 0 bridgehead atoms. The Bertz CT molecular complexity index is 557. The van der Waals surface area contributed by atoms with Crippen LogP contribution in [-0.4, -0.2) is 10.9 Å². The average molecular weight is 245 g/mol. The van der Waals surface area contributed by atoms with Gasteiger partial charge < -0.3 is 11.5 Å². The molecule has 2 rings (SSSR count). The SMILES string of the molecule is NC(=O)c1cc(Sc2ccccc2N)ccn1. The summed E-state index contributed by atoms with van der Waals surface area (Å²) in [5.41, 5.74) is 12.0. The molecule has 2 aromatic rings. The number of carbonyl (C=O) groups is 1. The molecule has 0 unspecified atom stereocenters. The first-order valence-corrected chi connectivity index (χ1v) is 5.76. The molecule has 1 amide bonds. The molecular weight excluding hydrogens is 234 g/mol. The monoisotopic (exact) mass is 245 g/mol. The Hall–Kier alpha value is -2.01. The standard InChI is InChI=1S/C12H11N3OS/c13-9-3-1-2-4-11(9)17-8-5-6-15-10(7-8)12(14)16/h1-7H,13H2,(H2,14,16). The van der Waals surface area contributed by atoms with Crippen molar-refractivity contribution in [3.05, 3.63) is 48.3 Å². The fourth-order valence-electron chi connectivity index (χ4n) is 1.31. The Morgan fingerprint density at radius 1 is 1.24 bits per heavy atom. The number of carbonyl (C=O) groups excluding carboxylic acids is 1. The molecule has 0 fully saturated rings. The Morgan fingerprint density at radius 3 is 2.71 bits per heavy atom. The van der Waals surface area contributed by atoms with E-state index < -0.39 is 5.91 Å². The van der Waals surface area contributed by atoms with Gasteiger partial charge in [-0.2, -0.15) is 0 Å². The lowest BCUT2D eigenvalue weighted by Crippen LogP contribution is -2.12. The van der Waals surface area contributed by atoms with Gasteiger partial charge in [-0.25, -0.2) is 0 Å². The van der Waals surface area contributed by atoms with Crippen LogP contribution in [0.5, 0.6) is 0 Å². The topological polar surface area (TPSA) is 82.0 Å². The smallest absolute Gasteiger partial charge is 0.267 e. The molecule has 1 aromatic heterocycles. The van der Waals surface area contributed by atoms with Crippen LogP contribution in [0.1, 0.15) is 10.5 Å². The van der Waals surface area contributed by atoms with Crippen molar-refractivity contribution in [1.82, 2.24) is 4.98 Å². The van der Waals surface area contributed by atoms with E-state index >= 15 is 0 Å². The summed E-state index contributed by atoms with van der Waals surface area (Å²) in [6.07, 6.45) is 1.56. The van der Waals surface area contributed by atoms with Crippen LogP contribution in [0.3, 0.4) is 0 Å². The molecule has 0 aliphatic rings. The van der Waals surface area contributed by atoms with Crippen molar-refractivity contribution in [3.8, 4) is 0 Å². The van der Waals surface area contributed by atoms with Gasteiger partial charge in [-0.1, -0.05) is 23.9 Å². The summed E-state index contributed by atoms with van der Waals surface area (Å²) in [4.78, 5) is 16.7. The first-order valence-electron chi connectivity index (χ1n) is 4.95. The van der Waals surface area contributed by atoms with Crippen molar-refractivity contribution in [2.45, 2.75) is 9.79 Å². The molecule has 0 saturated heterocycles. The molecule has 0 aliphatic carbocycles. The summed E-state index contributed by atoms with van der Waals surface area (Å²) in [5, 5.41) is 0. The number of nitrogens with zero attached hydrogens (tertiary/aromatic N) is 1. The van der Waals surface area contributed by atoms with Gasteiger partial charge in [-0.05, 0) is 24.3 Å². The van der Waals surface area contributed by atoms with Gasteiger partial charge in [0.15, 0.2) is 0 Å². The average Bonchev–Trinajstić information content (AvgIpc) is 2.32. The van der Waals surface area contributed by atoms with Gasteiger partial charge >= 0.3 is 0 Å². The van der Waals surface area contributed by atoms with Crippen LogP contribution in [0.15, 0.2) is 52.4 Å². The highest BCUT2D eigenvalue weighted by Crippen LogP contribution is 2.31. The van der Waals surface area contributed by atoms with E-state index in [1.807, 2.05) is 30.3 Å². The van der Waals surface area contributed by atoms with Crippen LogP contribution in [0.2, 0.25) is 0 Å². The van der Waals surface area contributed by atoms with Crippen molar-refractivity contribution in [3.63, 3.8) is 0 Å². The molecule has 1 aromatic carbocycles. The van der Waals surface area contributed by atoms with Crippen LogP contribution in [0.25, 0.3) is 0 Å². The summed E-state index contributed by atoms with van der Waals surface area (Å²) in [5.74, 6) is -0.534. The third-order valence-corrected chi connectivity index (χ3v) is 3.21. The quantitative estimate of drug-likeness (QED) is 0.809. The van der Waals surface area contributed by atoms with Gasteiger partial charge in [0.05, 0.1) is 0 Å². The Kier molecular flexibility index (Phi) is 3.30. The lowest BCUT2D eigenvalue weighted by molar-refractivity contribution is 0.0995. The number of benzene rings is 1. The maximum Gasteiger partial charge on any atom is 0.267 e. The number of hydrogen-bond acceptors (Lipinski definition) is 4. The lowest BCUT2D eigenvalue weighted by Gasteiger charge is -2.05. The normalized spacial score (nSPS) is 10.1. The molecular formula is C12H11N3OS. The second kappa shape index (κ2) is 4.88. The molecule has 4 nitrogen and oxygen atoms in total. The highest BCUT2D eigenvalue weighted by atomic mass is 32.2. The number of aromatic nitrogens is 1. The lowest BCUT2D eigenvalue weighted by atomic mass is 10.3. The van der Waals surface area contributed by atoms with E-state index in [9.17, 15) is 4.79 Å². The van der Waals surface area contributed by atoms with Gasteiger partial charge in [-0.3, -0.25) is 9.78 Å². The third-order valence-electron chi connectivity index (χ3n) is 2.13. The van der Waals surface area contributed by atoms with Gasteiger partial charge in [-0.15, -0.1) is 0 Å². The van der Waals surface area contributed by atoms with E-state index in [2.05, 4.69) is 4.98 Å². The molecule has 86 valence electrons. The van der Waals surface area contributed by atoms with E-state index in [4.69, 9.17) is 11.5 Å². The first-order chi connectivity index (χ1) is 8.16. The minimum Gasteiger partial charge on any atom is -0.398 e. The predicted molar refractivity (Wildman–Crippen MR) is 67.7 cm³/mol. The molecule has 17 heavy (non-hydrogen) atoms. The van der Waals surface area contributed by atoms with Crippen molar-refractivity contribution in [2.75, 3.05) is 5.73 Å². The van der Waals surface area contributed by atoms with Crippen molar-refractivity contribution < 1.29 is 4.79 Å². The summed E-state index contributed by atoms with van der Waals surface area (Å²) < 4.78 is 0. The first kappa shape index (κ1) is 11.5. The van der Waals surface area contributed by atoms with E-state index in [1.54, 1.807) is 12.3 Å². The number of nitrogen functional groups attached to an aromatic ring is 1. The third kappa shape index (κ3) is 2.76. The van der Waals surface area contributed by atoms with Gasteiger partial charge in [0.1, 0.15) is 5.69 Å². The molecule has 5 heteroatoms. The van der Waals surface area contributed by atoms with Crippen molar-refractivity contribution in [1.29, 1.82) is 0 Å². The van der Waals surface area contributed by atoms with Crippen LogP contribution in [0.4, 0.5) is 5.69 Å². The summed E-state index contributed by atoms with van der Waals surface area (Å²) >= 11 is 1.47. The fraction of sp³-hybridized carbons (Fsp3) is 0. The molecule has 0 aliphatic heterocycles. The van der Waals surface area contributed by atoms with Crippen LogP contribution in [0, 0.1) is 0 Å². The van der Waals surface area contributed by atoms with Crippen molar-refractivity contribution >= 4 is 23.4 Å². The minimum atomic E-state index is -0.534. The minimum absolute atomic E-state index is 0.254. The number of nitrogens with two attached hydrogens (primary N) is 2. The zero-order valence-corrected chi connectivity index (χ0v) is 9.78. The molecule has 0 atom stereocenters. The number of amides is 1. The molecule has 4 N–H and O–H groups in total. The number of rotatable bonds is 3. The predicted octanol–water partition coefficient (Wildman–Crippen LogP) is 1.91. The second-order valence-corrected chi connectivity index (χ2v) is 4.50. The van der Waals surface area contributed by atoms with Crippen molar-refractivity contribution in [2.24, 2.45) is 5.73 Å². The van der Waals surface area contributed by atoms with Gasteiger partial charge in [0.2, 0.25) is 0 Å². The fourth-order valence-corrected chi connectivity index (χ4v) is 2.20. The number of primary amides is 1. The Morgan fingerprint density at radius 2 is 2.00 bits per heavy atom. The van der Waals surface area contributed by atoms with Crippen LogP contribution >= 0.6 is 11.8 Å². The van der Waals surface area contributed by atoms with E-state index in [-0.39, 0.29) is 5.69 Å². The summed E-state index contributed by atoms with van der Waals surface area (Å²) in [7, 11) is 0. The molecule has 1 heterocycles. The number of hydrogen-bond donors (Lipinski definition) is 2.